The number of nitriles is 1. The Hall–Kier alpha value is -7.25. The Morgan fingerprint density at radius 2 is 1.72 bits per heavy atom. The third kappa shape index (κ3) is 11.4. The average Bonchev–Trinajstić information content (AvgIpc) is 3.38. The Kier molecular flexibility index (Phi) is 16.3. The zero-order chi connectivity index (χ0) is 49.9. The summed E-state index contributed by atoms with van der Waals surface area (Å²) >= 11 is 0. The second-order valence-electron chi connectivity index (χ2n) is 18.3. The first-order chi connectivity index (χ1) is 34.5. The van der Waals surface area contributed by atoms with E-state index in [0.717, 1.165) is 35.4 Å². The number of pyridine rings is 1. The summed E-state index contributed by atoms with van der Waals surface area (Å²) < 4.78 is 35.6. The van der Waals surface area contributed by atoms with Crippen molar-refractivity contribution >= 4 is 17.3 Å². The maximum atomic E-state index is 15.4. The van der Waals surface area contributed by atoms with E-state index in [1.807, 2.05) is 43.3 Å². The molecule has 368 valence electrons. The number of non-ortho nitro benzene ring substituents is 1. The molecule has 5 aromatic rings. The van der Waals surface area contributed by atoms with Crippen molar-refractivity contribution in [2.45, 2.75) is 89.4 Å². The number of carbonyl (C=O) groups is 1. The van der Waals surface area contributed by atoms with E-state index < -0.39 is 34.4 Å². The van der Waals surface area contributed by atoms with Crippen LogP contribution in [0, 0.1) is 51.9 Å². The number of aliphatic hydroxyl groups is 2. The third-order valence-electron chi connectivity index (χ3n) is 13.7. The number of fused-ring (bicyclic) bond motifs is 2. The highest BCUT2D eigenvalue weighted by Crippen LogP contribution is 2.62. The number of aromatic nitrogens is 1. The number of oxime groups is 1. The van der Waals surface area contributed by atoms with Gasteiger partial charge in [0.05, 0.1) is 40.5 Å². The number of nitro benzene ring substituents is 1. The van der Waals surface area contributed by atoms with Crippen molar-refractivity contribution in [3.05, 3.63) is 189 Å². The number of rotatable bonds is 22. The molecule has 8 rings (SSSR count). The molecule has 0 bridgehead atoms. The van der Waals surface area contributed by atoms with Crippen LogP contribution in [0.2, 0.25) is 0 Å². The molecule has 6 atom stereocenters. The molecule has 2 aliphatic carbocycles. The molecule has 1 aromatic heterocycles. The van der Waals surface area contributed by atoms with E-state index in [-0.39, 0.29) is 69.4 Å². The predicted molar refractivity (Wildman–Crippen MR) is 264 cm³/mol. The van der Waals surface area contributed by atoms with Gasteiger partial charge in [-0.05, 0) is 140 Å². The number of aliphatic hydroxyl groups excluding tert-OH is 2. The van der Waals surface area contributed by atoms with Gasteiger partial charge in [0.2, 0.25) is 5.79 Å². The maximum Gasteiger partial charge on any atom is 0.269 e. The molecular weight excluding hydrogens is 906 g/mol. The molecule has 0 saturated heterocycles. The number of hydrogen-bond donors (Lipinski definition) is 2. The summed E-state index contributed by atoms with van der Waals surface area (Å²) in [6.45, 7) is 6.25. The first kappa shape index (κ1) is 50.1. The summed E-state index contributed by atoms with van der Waals surface area (Å²) in [5, 5.41) is 46.1. The molecule has 3 aliphatic rings. The van der Waals surface area contributed by atoms with E-state index in [2.05, 4.69) is 23.7 Å². The lowest BCUT2D eigenvalue weighted by atomic mass is 9.55. The van der Waals surface area contributed by atoms with Crippen LogP contribution < -0.4 is 9.47 Å². The van der Waals surface area contributed by atoms with Crippen molar-refractivity contribution in [1.82, 2.24) is 9.88 Å². The lowest BCUT2D eigenvalue weighted by molar-refractivity contribution is -0.384. The number of benzene rings is 4. The second kappa shape index (κ2) is 23.1. The van der Waals surface area contributed by atoms with E-state index in [1.54, 1.807) is 59.5 Å². The zero-order valence-corrected chi connectivity index (χ0v) is 39.7. The van der Waals surface area contributed by atoms with Gasteiger partial charge in [-0.3, -0.25) is 19.9 Å². The van der Waals surface area contributed by atoms with Gasteiger partial charge in [0.15, 0.2) is 0 Å². The van der Waals surface area contributed by atoms with E-state index in [4.69, 9.17) is 24.2 Å². The number of nitrogens with zero attached hydrogens (tertiary/aromatic N) is 5. The van der Waals surface area contributed by atoms with Crippen molar-refractivity contribution in [3.63, 3.8) is 0 Å². The standard InChI is InChI=1S/C56H58FN5O9/c1-3-29-69-56-52(61(34-39-15-21-43(57)22-16-39)55(65)41-19-13-38(33-58)14-20-41)32-50(60-70-35-40-17-23-45(24-18-40)62(66)67)48-30-42(10-4-6-27-63)47(12-5-7-28-64)53(54(48)56)49-31-46(25-26-51(49)71-56)68-36-44-11-8-9-37(2)59-44/h3,8-9,11,13-26,30-31,42,47,52-54,63-64H,1,4-7,10,12,27-29,32,34-36H2,2H3/t42-,47+,52-,53+,54+,56+/m0/s1. The Bertz CT molecular complexity index is 2780. The average molecular weight is 964 g/mol. The zero-order valence-electron chi connectivity index (χ0n) is 39.7. The van der Waals surface area contributed by atoms with Crippen molar-refractivity contribution in [2.24, 2.45) is 22.9 Å². The number of nitro groups is 1. The van der Waals surface area contributed by atoms with Crippen LogP contribution in [0.1, 0.15) is 94.9 Å². The minimum Gasteiger partial charge on any atom is -0.487 e. The number of unbranched alkanes of at least 4 members (excludes halogenated alkanes) is 2. The Labute approximate surface area is 412 Å². The van der Waals surface area contributed by atoms with Crippen LogP contribution in [0.5, 0.6) is 11.5 Å². The lowest BCUT2D eigenvalue weighted by Gasteiger charge is -2.60. The van der Waals surface area contributed by atoms with Crippen LogP contribution in [-0.2, 0) is 29.3 Å². The first-order valence-electron chi connectivity index (χ1n) is 24.1. The lowest BCUT2D eigenvalue weighted by Crippen LogP contribution is -2.70. The fraction of sp³-hybridized carbons (Fsp3) is 0.357. The van der Waals surface area contributed by atoms with E-state index in [0.29, 0.717) is 65.1 Å². The summed E-state index contributed by atoms with van der Waals surface area (Å²) in [7, 11) is 0. The topological polar surface area (TPSA) is 190 Å². The van der Waals surface area contributed by atoms with Gasteiger partial charge < -0.3 is 34.2 Å². The van der Waals surface area contributed by atoms with Gasteiger partial charge in [-0.25, -0.2) is 4.39 Å². The smallest absolute Gasteiger partial charge is 0.269 e. The largest absolute Gasteiger partial charge is 0.487 e. The minimum absolute atomic E-state index is 0.00392. The molecule has 1 fully saturated rings. The summed E-state index contributed by atoms with van der Waals surface area (Å²) in [5.41, 5.74) is 5.73. The normalized spacial score (nSPS) is 21.4. The van der Waals surface area contributed by atoms with Crippen LogP contribution in [0.3, 0.4) is 0 Å². The Balaban J connectivity index is 1.34. The summed E-state index contributed by atoms with van der Waals surface area (Å²) in [6, 6.07) is 31.1. The second-order valence-corrected chi connectivity index (χ2v) is 18.3. The maximum absolute atomic E-state index is 15.4. The van der Waals surface area contributed by atoms with Crippen molar-refractivity contribution in [1.29, 1.82) is 5.26 Å². The SMILES string of the molecule is C=CCO[C@@]12Oc3ccc(OCc4cccc(C)n4)cc3[C@H]3[C@H](CCCCO)[C@@H](CCCCO)C=C(C(=NOCc4ccc([N+](=O)[O-])cc4)C[C@@H]1N(Cc1ccc(F)cc1)C(=O)c1ccc(C#N)cc1)[C@H]32. The molecule has 0 unspecified atom stereocenters. The van der Waals surface area contributed by atoms with Gasteiger partial charge >= 0.3 is 0 Å². The highest BCUT2D eigenvalue weighted by Gasteiger charge is 2.65. The molecule has 4 aromatic carbocycles. The number of hydrogen-bond acceptors (Lipinski definition) is 12. The highest BCUT2D eigenvalue weighted by molar-refractivity contribution is 6.03. The molecule has 0 radical (unpaired) electrons. The van der Waals surface area contributed by atoms with Gasteiger partial charge in [-0.15, -0.1) is 6.58 Å². The molecule has 14 nitrogen and oxygen atoms in total. The van der Waals surface area contributed by atoms with Crippen molar-refractivity contribution in [2.75, 3.05) is 19.8 Å². The quantitative estimate of drug-likeness (QED) is 0.0291. The van der Waals surface area contributed by atoms with Crippen molar-refractivity contribution in [3.8, 4) is 17.6 Å². The van der Waals surface area contributed by atoms with Crippen LogP contribution >= 0.6 is 0 Å². The molecule has 1 saturated carbocycles. The molecule has 1 amide bonds. The van der Waals surface area contributed by atoms with Gasteiger partial charge in [0, 0.05) is 61.1 Å². The molecule has 71 heavy (non-hydrogen) atoms. The molecule has 0 spiro atoms. The number of aryl methyl sites for hydroxylation is 1. The fourth-order valence-corrected chi connectivity index (χ4v) is 10.4. The predicted octanol–water partition coefficient (Wildman–Crippen LogP) is 10.1. The minimum atomic E-state index is -1.61. The summed E-state index contributed by atoms with van der Waals surface area (Å²) in [5.74, 6) is -2.45. The molecule has 2 N–H and O–H groups in total. The molecule has 2 heterocycles. The Morgan fingerprint density at radius 3 is 2.41 bits per heavy atom. The summed E-state index contributed by atoms with van der Waals surface area (Å²) in [6.07, 6.45) is 8.03. The van der Waals surface area contributed by atoms with E-state index in [1.165, 1.54) is 24.3 Å². The van der Waals surface area contributed by atoms with Crippen LogP contribution in [0.15, 0.2) is 139 Å². The van der Waals surface area contributed by atoms with Gasteiger partial charge in [0.25, 0.3) is 11.6 Å². The molecular formula is C56H58FN5O9. The number of allylic oxidation sites excluding steroid dienone is 1. The highest BCUT2D eigenvalue weighted by atomic mass is 19.1. The number of amides is 1. The summed E-state index contributed by atoms with van der Waals surface area (Å²) in [4.78, 5) is 38.9. The van der Waals surface area contributed by atoms with Gasteiger partial charge in [-0.2, -0.15) is 5.26 Å². The Morgan fingerprint density at radius 1 is 0.986 bits per heavy atom. The van der Waals surface area contributed by atoms with Crippen LogP contribution in [0.25, 0.3) is 0 Å². The third-order valence-corrected chi connectivity index (χ3v) is 13.7. The van der Waals surface area contributed by atoms with Crippen LogP contribution in [0.4, 0.5) is 10.1 Å². The monoisotopic (exact) mass is 963 g/mol. The van der Waals surface area contributed by atoms with Gasteiger partial charge in [-0.1, -0.05) is 48.3 Å². The van der Waals surface area contributed by atoms with E-state index in [9.17, 15) is 30.0 Å². The number of halogens is 1. The van der Waals surface area contributed by atoms with Crippen molar-refractivity contribution < 1.29 is 43.4 Å². The number of ether oxygens (including phenoxy) is 3. The van der Waals surface area contributed by atoms with Crippen LogP contribution in [-0.4, -0.2) is 68.3 Å². The molecule has 15 heteroatoms. The fourth-order valence-electron chi connectivity index (χ4n) is 10.4. The van der Waals surface area contributed by atoms with Gasteiger partial charge in [0.1, 0.15) is 36.6 Å². The van der Waals surface area contributed by atoms with E-state index >= 15 is 4.79 Å². The number of carbonyl (C=O) groups excluding carboxylic acids is 1. The molecule has 1 aliphatic heterocycles. The first-order valence-corrected chi connectivity index (χ1v) is 24.1.